The Labute approximate surface area is 73.0 Å². The standard InChI is InChI=1S/C10H15NO/c1-7-3-5-9(6-4-7)10(11)8(2)12/h3-6,8,10,12H,11H2,1-2H3/t8-,10+/m0/s1. The van der Waals surface area contributed by atoms with Gasteiger partial charge in [-0.05, 0) is 19.4 Å². The average molecular weight is 165 g/mol. The lowest BCUT2D eigenvalue weighted by atomic mass is 10.0. The second-order valence-electron chi connectivity index (χ2n) is 3.18. The van der Waals surface area contributed by atoms with Gasteiger partial charge in [0.25, 0.3) is 0 Å². The van der Waals surface area contributed by atoms with E-state index in [1.807, 2.05) is 31.2 Å². The van der Waals surface area contributed by atoms with Gasteiger partial charge in [0.05, 0.1) is 12.1 Å². The molecule has 1 rings (SSSR count). The van der Waals surface area contributed by atoms with Gasteiger partial charge in [0, 0.05) is 0 Å². The number of hydrogen-bond donors (Lipinski definition) is 2. The maximum Gasteiger partial charge on any atom is 0.0704 e. The molecule has 0 aliphatic carbocycles. The number of aliphatic hydroxyl groups excluding tert-OH is 1. The molecule has 0 spiro atoms. The van der Waals surface area contributed by atoms with Gasteiger partial charge in [0.2, 0.25) is 0 Å². The summed E-state index contributed by atoms with van der Waals surface area (Å²) in [6.07, 6.45) is -0.493. The van der Waals surface area contributed by atoms with Gasteiger partial charge in [-0.3, -0.25) is 0 Å². The van der Waals surface area contributed by atoms with Crippen molar-refractivity contribution in [1.82, 2.24) is 0 Å². The molecule has 2 nitrogen and oxygen atoms in total. The maximum absolute atomic E-state index is 9.22. The molecule has 0 unspecified atom stereocenters. The van der Waals surface area contributed by atoms with E-state index in [2.05, 4.69) is 0 Å². The number of nitrogens with two attached hydrogens (primary N) is 1. The van der Waals surface area contributed by atoms with Crippen LogP contribution in [0.15, 0.2) is 24.3 Å². The first-order chi connectivity index (χ1) is 5.61. The molecule has 0 aliphatic rings. The van der Waals surface area contributed by atoms with Crippen LogP contribution in [-0.2, 0) is 0 Å². The minimum atomic E-state index is -0.493. The summed E-state index contributed by atoms with van der Waals surface area (Å²) in [4.78, 5) is 0. The van der Waals surface area contributed by atoms with E-state index >= 15 is 0 Å². The van der Waals surface area contributed by atoms with E-state index in [9.17, 15) is 5.11 Å². The predicted octanol–water partition coefficient (Wildman–Crippen LogP) is 1.38. The van der Waals surface area contributed by atoms with Crippen molar-refractivity contribution >= 4 is 0 Å². The van der Waals surface area contributed by atoms with Crippen molar-refractivity contribution in [3.05, 3.63) is 35.4 Å². The normalized spacial score (nSPS) is 15.7. The molecule has 2 atom stereocenters. The maximum atomic E-state index is 9.22. The lowest BCUT2D eigenvalue weighted by molar-refractivity contribution is 0.164. The van der Waals surface area contributed by atoms with Crippen LogP contribution in [0.1, 0.15) is 24.1 Å². The summed E-state index contributed by atoms with van der Waals surface area (Å²) < 4.78 is 0. The molecule has 0 saturated heterocycles. The fraction of sp³-hybridized carbons (Fsp3) is 0.400. The Morgan fingerprint density at radius 3 is 2.17 bits per heavy atom. The highest BCUT2D eigenvalue weighted by Crippen LogP contribution is 2.14. The van der Waals surface area contributed by atoms with E-state index in [4.69, 9.17) is 5.73 Å². The number of hydrogen-bond acceptors (Lipinski definition) is 2. The molecule has 0 heterocycles. The van der Waals surface area contributed by atoms with Gasteiger partial charge in [-0.1, -0.05) is 29.8 Å². The zero-order chi connectivity index (χ0) is 9.14. The van der Waals surface area contributed by atoms with Gasteiger partial charge in [-0.25, -0.2) is 0 Å². The zero-order valence-corrected chi connectivity index (χ0v) is 7.49. The topological polar surface area (TPSA) is 46.2 Å². The quantitative estimate of drug-likeness (QED) is 0.695. The molecule has 0 amide bonds. The summed E-state index contributed by atoms with van der Waals surface area (Å²) >= 11 is 0. The summed E-state index contributed by atoms with van der Waals surface area (Å²) in [5.41, 5.74) is 7.93. The molecule has 2 heteroatoms. The molecule has 0 aromatic heterocycles. The average Bonchev–Trinajstić information content (AvgIpc) is 2.04. The van der Waals surface area contributed by atoms with E-state index in [0.29, 0.717) is 0 Å². The Morgan fingerprint density at radius 1 is 1.25 bits per heavy atom. The van der Waals surface area contributed by atoms with E-state index in [0.717, 1.165) is 5.56 Å². The summed E-state index contributed by atoms with van der Waals surface area (Å²) in [5, 5.41) is 9.22. The van der Waals surface area contributed by atoms with Crippen molar-refractivity contribution in [1.29, 1.82) is 0 Å². The SMILES string of the molecule is Cc1ccc([C@H](N)[C@H](C)O)cc1. The van der Waals surface area contributed by atoms with Crippen LogP contribution in [0.5, 0.6) is 0 Å². The number of aryl methyl sites for hydroxylation is 1. The van der Waals surface area contributed by atoms with Crippen LogP contribution in [-0.4, -0.2) is 11.2 Å². The van der Waals surface area contributed by atoms with E-state index < -0.39 is 6.10 Å². The zero-order valence-electron chi connectivity index (χ0n) is 7.49. The molecule has 0 bridgehead atoms. The molecular formula is C10H15NO. The molecule has 1 aromatic carbocycles. The lowest BCUT2D eigenvalue weighted by Gasteiger charge is -2.14. The van der Waals surface area contributed by atoms with Crippen molar-refractivity contribution in [2.24, 2.45) is 5.73 Å². The third kappa shape index (κ3) is 2.06. The monoisotopic (exact) mass is 165 g/mol. The van der Waals surface area contributed by atoms with E-state index in [-0.39, 0.29) is 6.04 Å². The third-order valence-electron chi connectivity index (χ3n) is 1.98. The number of benzene rings is 1. The summed E-state index contributed by atoms with van der Waals surface area (Å²) in [6.45, 7) is 3.72. The van der Waals surface area contributed by atoms with Crippen LogP contribution in [0.2, 0.25) is 0 Å². The Morgan fingerprint density at radius 2 is 1.75 bits per heavy atom. The van der Waals surface area contributed by atoms with Crippen molar-refractivity contribution in [2.45, 2.75) is 26.0 Å². The van der Waals surface area contributed by atoms with Crippen LogP contribution in [0.4, 0.5) is 0 Å². The molecule has 0 saturated carbocycles. The summed E-state index contributed by atoms with van der Waals surface area (Å²) in [7, 11) is 0. The van der Waals surface area contributed by atoms with Gasteiger partial charge in [0.15, 0.2) is 0 Å². The Balaban J connectivity index is 2.82. The first-order valence-corrected chi connectivity index (χ1v) is 4.11. The first kappa shape index (κ1) is 9.23. The van der Waals surface area contributed by atoms with Crippen molar-refractivity contribution in [3.8, 4) is 0 Å². The van der Waals surface area contributed by atoms with Gasteiger partial charge < -0.3 is 10.8 Å². The van der Waals surface area contributed by atoms with Crippen LogP contribution in [0.25, 0.3) is 0 Å². The van der Waals surface area contributed by atoms with Crippen LogP contribution >= 0.6 is 0 Å². The number of rotatable bonds is 2. The molecule has 0 radical (unpaired) electrons. The lowest BCUT2D eigenvalue weighted by Crippen LogP contribution is -2.22. The highest BCUT2D eigenvalue weighted by molar-refractivity contribution is 5.24. The minimum Gasteiger partial charge on any atom is -0.391 e. The molecule has 0 aliphatic heterocycles. The van der Waals surface area contributed by atoms with Crippen molar-refractivity contribution in [2.75, 3.05) is 0 Å². The predicted molar refractivity (Wildman–Crippen MR) is 49.8 cm³/mol. The second kappa shape index (κ2) is 3.70. The molecule has 66 valence electrons. The Hall–Kier alpha value is -0.860. The number of aliphatic hydroxyl groups is 1. The largest absolute Gasteiger partial charge is 0.391 e. The Kier molecular flexibility index (Phi) is 2.84. The highest BCUT2D eigenvalue weighted by atomic mass is 16.3. The van der Waals surface area contributed by atoms with E-state index in [1.54, 1.807) is 6.92 Å². The Bertz CT molecular complexity index is 241. The fourth-order valence-electron chi connectivity index (χ4n) is 1.07. The van der Waals surface area contributed by atoms with Crippen molar-refractivity contribution in [3.63, 3.8) is 0 Å². The minimum absolute atomic E-state index is 0.273. The molecule has 1 aromatic rings. The van der Waals surface area contributed by atoms with Gasteiger partial charge in [0.1, 0.15) is 0 Å². The first-order valence-electron chi connectivity index (χ1n) is 4.11. The smallest absolute Gasteiger partial charge is 0.0704 e. The second-order valence-corrected chi connectivity index (χ2v) is 3.18. The van der Waals surface area contributed by atoms with Gasteiger partial charge in [-0.2, -0.15) is 0 Å². The fourth-order valence-corrected chi connectivity index (χ4v) is 1.07. The molecular weight excluding hydrogens is 150 g/mol. The van der Waals surface area contributed by atoms with Crippen LogP contribution < -0.4 is 5.73 Å². The van der Waals surface area contributed by atoms with Crippen molar-refractivity contribution < 1.29 is 5.11 Å². The summed E-state index contributed by atoms with van der Waals surface area (Å²) in [5.74, 6) is 0. The van der Waals surface area contributed by atoms with E-state index in [1.165, 1.54) is 5.56 Å². The van der Waals surface area contributed by atoms with Gasteiger partial charge >= 0.3 is 0 Å². The third-order valence-corrected chi connectivity index (χ3v) is 1.98. The molecule has 3 N–H and O–H groups in total. The molecule has 12 heavy (non-hydrogen) atoms. The summed E-state index contributed by atoms with van der Waals surface area (Å²) in [6, 6.07) is 7.62. The van der Waals surface area contributed by atoms with Crippen LogP contribution in [0.3, 0.4) is 0 Å². The highest BCUT2D eigenvalue weighted by Gasteiger charge is 2.10. The van der Waals surface area contributed by atoms with Gasteiger partial charge in [-0.15, -0.1) is 0 Å². The van der Waals surface area contributed by atoms with Crippen LogP contribution in [0, 0.1) is 6.92 Å². The molecule has 0 fully saturated rings.